The molecule has 1 aromatic rings. The maximum absolute atomic E-state index is 12.1. The summed E-state index contributed by atoms with van der Waals surface area (Å²) >= 11 is 0. The molecule has 1 unspecified atom stereocenters. The average molecular weight is 361 g/mol. The lowest BCUT2D eigenvalue weighted by molar-refractivity contribution is -0.274. The van der Waals surface area contributed by atoms with E-state index in [2.05, 4.69) is 10.1 Å². The topological polar surface area (TPSA) is 75.6 Å². The van der Waals surface area contributed by atoms with Crippen LogP contribution < -0.4 is 10.1 Å². The van der Waals surface area contributed by atoms with Crippen molar-refractivity contribution in [3.05, 3.63) is 29.8 Å². The number of benzene rings is 1. The number of aliphatic carboxylic acids is 1. The Labute approximate surface area is 144 Å². The summed E-state index contributed by atoms with van der Waals surface area (Å²) in [5.41, 5.74) is -0.193. The van der Waals surface area contributed by atoms with E-state index in [1.165, 1.54) is 24.3 Å². The highest BCUT2D eigenvalue weighted by Gasteiger charge is 2.33. The molecule has 1 amide bonds. The molecule has 25 heavy (non-hydrogen) atoms. The van der Waals surface area contributed by atoms with Crippen LogP contribution in [0.3, 0.4) is 0 Å². The molecule has 0 aliphatic carbocycles. The van der Waals surface area contributed by atoms with Crippen LogP contribution in [-0.2, 0) is 16.0 Å². The maximum atomic E-state index is 12.1. The molecule has 1 aromatic carbocycles. The summed E-state index contributed by atoms with van der Waals surface area (Å²) in [6.45, 7) is 5.32. The number of nitrogens with one attached hydrogen (secondary N) is 1. The summed E-state index contributed by atoms with van der Waals surface area (Å²) in [5.74, 6) is -1.72. The largest absolute Gasteiger partial charge is 0.573 e. The molecule has 0 saturated heterocycles. The van der Waals surface area contributed by atoms with Gasteiger partial charge in [-0.15, -0.1) is 13.2 Å². The van der Waals surface area contributed by atoms with Crippen LogP contribution in [0.5, 0.6) is 5.75 Å². The lowest BCUT2D eigenvalue weighted by Crippen LogP contribution is -2.51. The standard InChI is InChI=1S/C17H22F3NO4/c1-11(2)16(3,10-15(23)24)21-14(22)9-6-12-4-7-13(8-5-12)25-17(18,19)20/h4-5,7-8,11H,6,9-10H2,1-3H3,(H,21,22)(H,23,24). The molecule has 8 heteroatoms. The van der Waals surface area contributed by atoms with Crippen LogP contribution in [-0.4, -0.2) is 28.9 Å². The fourth-order valence-corrected chi connectivity index (χ4v) is 2.20. The summed E-state index contributed by atoms with van der Waals surface area (Å²) in [6, 6.07) is 5.27. The lowest BCUT2D eigenvalue weighted by atomic mass is 9.85. The normalized spacial score (nSPS) is 14.0. The first-order valence-electron chi connectivity index (χ1n) is 7.79. The van der Waals surface area contributed by atoms with Crippen molar-refractivity contribution in [3.63, 3.8) is 0 Å². The third-order valence-corrected chi connectivity index (χ3v) is 4.02. The van der Waals surface area contributed by atoms with Crippen molar-refractivity contribution < 1.29 is 32.6 Å². The molecule has 1 atom stereocenters. The van der Waals surface area contributed by atoms with Crippen molar-refractivity contribution in [3.8, 4) is 5.75 Å². The minimum atomic E-state index is -4.74. The van der Waals surface area contributed by atoms with Gasteiger partial charge in [0.2, 0.25) is 5.91 Å². The van der Waals surface area contributed by atoms with Crippen molar-refractivity contribution in [2.75, 3.05) is 0 Å². The van der Waals surface area contributed by atoms with Gasteiger partial charge in [-0.05, 0) is 37.0 Å². The lowest BCUT2D eigenvalue weighted by Gasteiger charge is -2.33. The molecule has 1 rings (SSSR count). The van der Waals surface area contributed by atoms with Gasteiger partial charge in [-0.1, -0.05) is 26.0 Å². The number of hydrogen-bond acceptors (Lipinski definition) is 3. The molecule has 0 fully saturated rings. The molecule has 5 nitrogen and oxygen atoms in total. The Morgan fingerprint density at radius 1 is 1.20 bits per heavy atom. The minimum Gasteiger partial charge on any atom is -0.481 e. The summed E-state index contributed by atoms with van der Waals surface area (Å²) in [4.78, 5) is 23.1. The zero-order chi connectivity index (χ0) is 19.3. The van der Waals surface area contributed by atoms with E-state index in [1.807, 2.05) is 13.8 Å². The molecule has 2 N–H and O–H groups in total. The molecular weight excluding hydrogens is 339 g/mol. The third-order valence-electron chi connectivity index (χ3n) is 4.02. The Morgan fingerprint density at radius 3 is 2.20 bits per heavy atom. The van der Waals surface area contributed by atoms with Crippen molar-refractivity contribution in [2.45, 2.75) is 51.9 Å². The second-order valence-corrected chi connectivity index (χ2v) is 6.38. The fourth-order valence-electron chi connectivity index (χ4n) is 2.20. The van der Waals surface area contributed by atoms with Crippen molar-refractivity contribution in [2.24, 2.45) is 5.92 Å². The number of carbonyl (C=O) groups is 2. The van der Waals surface area contributed by atoms with Gasteiger partial charge in [0.25, 0.3) is 0 Å². The van der Waals surface area contributed by atoms with Crippen LogP contribution in [0.2, 0.25) is 0 Å². The van der Waals surface area contributed by atoms with E-state index in [9.17, 15) is 22.8 Å². The van der Waals surface area contributed by atoms with Gasteiger partial charge in [-0.25, -0.2) is 0 Å². The Morgan fingerprint density at radius 2 is 1.76 bits per heavy atom. The zero-order valence-electron chi connectivity index (χ0n) is 14.3. The number of hydrogen-bond donors (Lipinski definition) is 2. The van der Waals surface area contributed by atoms with Crippen molar-refractivity contribution in [1.82, 2.24) is 5.32 Å². The van der Waals surface area contributed by atoms with E-state index in [-0.39, 0.29) is 30.4 Å². The second kappa shape index (κ2) is 8.22. The van der Waals surface area contributed by atoms with Gasteiger partial charge in [-0.3, -0.25) is 9.59 Å². The molecule has 0 saturated carbocycles. The summed E-state index contributed by atoms with van der Waals surface area (Å²) in [7, 11) is 0. The van der Waals surface area contributed by atoms with E-state index < -0.39 is 17.9 Å². The van der Waals surface area contributed by atoms with E-state index in [4.69, 9.17) is 5.11 Å². The summed E-state index contributed by atoms with van der Waals surface area (Å²) in [6.07, 6.45) is -4.52. The number of amides is 1. The van der Waals surface area contributed by atoms with E-state index in [0.717, 1.165) is 0 Å². The summed E-state index contributed by atoms with van der Waals surface area (Å²) < 4.78 is 40.1. The zero-order valence-corrected chi connectivity index (χ0v) is 14.3. The van der Waals surface area contributed by atoms with Gasteiger partial charge in [0.1, 0.15) is 5.75 Å². The number of carboxylic acids is 1. The van der Waals surface area contributed by atoms with Gasteiger partial charge in [-0.2, -0.15) is 0 Å². The number of ether oxygens (including phenoxy) is 1. The Balaban J connectivity index is 2.59. The molecule has 0 spiro atoms. The van der Waals surface area contributed by atoms with Crippen molar-refractivity contribution in [1.29, 1.82) is 0 Å². The molecular formula is C17H22F3NO4. The van der Waals surface area contributed by atoms with Gasteiger partial charge in [0.05, 0.1) is 6.42 Å². The Hall–Kier alpha value is -2.25. The number of halogens is 3. The first-order chi connectivity index (χ1) is 11.4. The predicted molar refractivity (Wildman–Crippen MR) is 85.1 cm³/mol. The Bertz CT molecular complexity index is 599. The first-order valence-corrected chi connectivity index (χ1v) is 7.79. The van der Waals surface area contributed by atoms with E-state index in [1.54, 1.807) is 6.92 Å². The number of aryl methyl sites for hydroxylation is 1. The molecule has 140 valence electrons. The number of carboxylic acid groups (broad SMARTS) is 1. The van der Waals surface area contributed by atoms with Gasteiger partial charge >= 0.3 is 12.3 Å². The monoisotopic (exact) mass is 361 g/mol. The maximum Gasteiger partial charge on any atom is 0.573 e. The Kier molecular flexibility index (Phi) is 6.84. The fraction of sp³-hybridized carbons (Fsp3) is 0.529. The van der Waals surface area contributed by atoms with Crippen LogP contribution in [0.25, 0.3) is 0 Å². The van der Waals surface area contributed by atoms with Crippen LogP contribution in [0.1, 0.15) is 39.2 Å². The van der Waals surface area contributed by atoms with Crippen LogP contribution >= 0.6 is 0 Å². The number of carbonyl (C=O) groups excluding carboxylic acids is 1. The quantitative estimate of drug-likeness (QED) is 0.743. The van der Waals surface area contributed by atoms with Gasteiger partial charge in [0, 0.05) is 12.0 Å². The highest BCUT2D eigenvalue weighted by molar-refractivity contribution is 5.78. The first kappa shape index (κ1) is 20.8. The van der Waals surface area contributed by atoms with Crippen molar-refractivity contribution >= 4 is 11.9 Å². The minimum absolute atomic E-state index is 0.0775. The number of rotatable bonds is 8. The van der Waals surface area contributed by atoms with Crippen LogP contribution in [0.15, 0.2) is 24.3 Å². The third kappa shape index (κ3) is 7.45. The van der Waals surface area contributed by atoms with Gasteiger partial charge in [0.15, 0.2) is 0 Å². The smallest absolute Gasteiger partial charge is 0.481 e. The molecule has 0 bridgehead atoms. The highest BCUT2D eigenvalue weighted by atomic mass is 19.4. The molecule has 0 aromatic heterocycles. The van der Waals surface area contributed by atoms with E-state index in [0.29, 0.717) is 12.0 Å². The molecule has 0 aliphatic rings. The summed E-state index contributed by atoms with van der Waals surface area (Å²) in [5, 5.41) is 11.7. The number of alkyl halides is 3. The average Bonchev–Trinajstić information content (AvgIpc) is 2.43. The highest BCUT2D eigenvalue weighted by Crippen LogP contribution is 2.23. The van der Waals surface area contributed by atoms with E-state index >= 15 is 0 Å². The van der Waals surface area contributed by atoms with Crippen LogP contribution in [0, 0.1) is 5.92 Å². The molecule has 0 aliphatic heterocycles. The van der Waals surface area contributed by atoms with Crippen LogP contribution in [0.4, 0.5) is 13.2 Å². The molecule has 0 radical (unpaired) electrons. The second-order valence-electron chi connectivity index (χ2n) is 6.38. The SMILES string of the molecule is CC(C)C(C)(CC(=O)O)NC(=O)CCc1ccc(OC(F)(F)F)cc1. The predicted octanol–water partition coefficient (Wildman–Crippen LogP) is 3.52. The van der Waals surface area contributed by atoms with Gasteiger partial charge < -0.3 is 15.2 Å². The molecule has 0 heterocycles.